The number of carbonyl (C=O) groups excluding carboxylic acids is 1. The van der Waals surface area contributed by atoms with Gasteiger partial charge in [-0.15, -0.1) is 0 Å². The van der Waals surface area contributed by atoms with Gasteiger partial charge in [0.05, 0.1) is 5.69 Å². The first kappa shape index (κ1) is 15.0. The average molecular weight is 381 g/mol. The van der Waals surface area contributed by atoms with Crippen LogP contribution >= 0.6 is 22.6 Å². The molecule has 0 spiro atoms. The Hall–Kier alpha value is -1.40. The minimum atomic E-state index is 0.0249. The summed E-state index contributed by atoms with van der Waals surface area (Å²) in [7, 11) is 0. The maximum absolute atomic E-state index is 12.0. The van der Waals surface area contributed by atoms with E-state index >= 15 is 0 Å². The molecule has 0 bridgehead atoms. The minimum Gasteiger partial charge on any atom is -0.333 e. The first-order chi connectivity index (χ1) is 9.66. The summed E-state index contributed by atoms with van der Waals surface area (Å²) in [4.78, 5) is 12.0. The second-order valence-electron chi connectivity index (χ2n) is 4.67. The van der Waals surface area contributed by atoms with Crippen molar-refractivity contribution in [3.63, 3.8) is 0 Å². The molecule has 104 valence electrons. The van der Waals surface area contributed by atoms with Crippen LogP contribution in [0.4, 0.5) is 5.69 Å². The molecule has 1 atom stereocenters. The molecule has 3 N–H and O–H groups in total. The van der Waals surface area contributed by atoms with Gasteiger partial charge in [-0.05, 0) is 41.6 Å². The van der Waals surface area contributed by atoms with E-state index in [4.69, 9.17) is 0 Å². The fourth-order valence-electron chi connectivity index (χ4n) is 1.94. The number of halogens is 1. The van der Waals surface area contributed by atoms with Gasteiger partial charge in [-0.2, -0.15) is 0 Å². The van der Waals surface area contributed by atoms with Crippen molar-refractivity contribution in [1.82, 2.24) is 0 Å². The number of nitrogens with one attached hydrogen (secondary N) is 1. The molecule has 20 heavy (non-hydrogen) atoms. The Morgan fingerprint density at radius 3 is 2.50 bits per heavy atom. The van der Waals surface area contributed by atoms with Gasteiger partial charge in [-0.1, -0.05) is 42.5 Å². The predicted octanol–water partition coefficient (Wildman–Crippen LogP) is 2.55. The molecular weight excluding hydrogens is 363 g/mol. The lowest BCUT2D eigenvalue weighted by Crippen LogP contribution is -2.86. The third-order valence-electron chi connectivity index (χ3n) is 3.13. The normalized spacial score (nSPS) is 11.9. The summed E-state index contributed by atoms with van der Waals surface area (Å²) in [5.74, 6) is 0.0249. The Morgan fingerprint density at radius 1 is 1.15 bits per heavy atom. The average Bonchev–Trinajstić information content (AvgIpc) is 2.48. The van der Waals surface area contributed by atoms with Gasteiger partial charge in [-0.3, -0.25) is 4.79 Å². The predicted molar refractivity (Wildman–Crippen MR) is 89.4 cm³/mol. The number of anilines is 1. The lowest BCUT2D eigenvalue weighted by molar-refractivity contribution is -0.682. The Balaban J connectivity index is 1.85. The molecule has 2 aromatic rings. The van der Waals surface area contributed by atoms with Crippen molar-refractivity contribution >= 4 is 34.2 Å². The summed E-state index contributed by atoms with van der Waals surface area (Å²) < 4.78 is 1.05. The zero-order valence-electron chi connectivity index (χ0n) is 11.3. The fraction of sp³-hybridized carbons (Fsp3) is 0.188. The molecule has 0 aliphatic rings. The van der Waals surface area contributed by atoms with E-state index in [1.54, 1.807) is 0 Å². The molecule has 3 nitrogen and oxygen atoms in total. The third kappa shape index (κ3) is 4.31. The number of quaternary nitrogens is 1. The summed E-state index contributed by atoms with van der Waals surface area (Å²) in [6.45, 7) is 2.52. The maximum Gasteiger partial charge on any atom is 0.279 e. The van der Waals surface area contributed by atoms with Crippen LogP contribution in [0.25, 0.3) is 0 Å². The largest absolute Gasteiger partial charge is 0.333 e. The molecule has 2 rings (SSSR count). The van der Waals surface area contributed by atoms with Gasteiger partial charge in [0.1, 0.15) is 6.04 Å². The second-order valence-corrected chi connectivity index (χ2v) is 5.83. The highest BCUT2D eigenvalue weighted by atomic mass is 127. The monoisotopic (exact) mass is 381 g/mol. The molecule has 4 heteroatoms. The van der Waals surface area contributed by atoms with Gasteiger partial charge < -0.3 is 10.6 Å². The molecule has 2 aromatic carbocycles. The van der Waals surface area contributed by atoms with Crippen LogP contribution in [-0.2, 0) is 4.79 Å². The number of rotatable bonds is 5. The summed E-state index contributed by atoms with van der Waals surface area (Å²) in [5, 5.41) is 4.98. The first-order valence-electron chi connectivity index (χ1n) is 6.59. The quantitative estimate of drug-likeness (QED) is 0.769. The van der Waals surface area contributed by atoms with Crippen molar-refractivity contribution < 1.29 is 10.1 Å². The fourth-order valence-corrected chi connectivity index (χ4v) is 2.46. The van der Waals surface area contributed by atoms with Crippen LogP contribution < -0.4 is 10.6 Å². The van der Waals surface area contributed by atoms with Gasteiger partial charge in [0.2, 0.25) is 0 Å². The van der Waals surface area contributed by atoms with E-state index in [-0.39, 0.29) is 11.9 Å². The van der Waals surface area contributed by atoms with Crippen LogP contribution in [0.5, 0.6) is 0 Å². The van der Waals surface area contributed by atoms with E-state index < -0.39 is 0 Å². The van der Waals surface area contributed by atoms with E-state index in [9.17, 15) is 4.79 Å². The smallest absolute Gasteiger partial charge is 0.279 e. The van der Waals surface area contributed by atoms with Crippen molar-refractivity contribution in [1.29, 1.82) is 0 Å². The highest BCUT2D eigenvalue weighted by Crippen LogP contribution is 2.16. The maximum atomic E-state index is 12.0. The van der Waals surface area contributed by atoms with Crippen LogP contribution in [0.1, 0.15) is 18.5 Å². The molecule has 0 aliphatic carbocycles. The van der Waals surface area contributed by atoms with E-state index in [0.717, 1.165) is 9.26 Å². The summed E-state index contributed by atoms with van der Waals surface area (Å²) in [5.41, 5.74) is 2.11. The molecule has 0 saturated heterocycles. The zero-order chi connectivity index (χ0) is 14.4. The highest BCUT2D eigenvalue weighted by Gasteiger charge is 2.11. The van der Waals surface area contributed by atoms with Crippen LogP contribution in [0.15, 0.2) is 54.6 Å². The van der Waals surface area contributed by atoms with Crippen molar-refractivity contribution in [3.8, 4) is 0 Å². The number of amides is 1. The zero-order valence-corrected chi connectivity index (χ0v) is 13.5. The Bertz CT molecular complexity index is 572. The molecule has 1 amide bonds. The minimum absolute atomic E-state index is 0.0249. The van der Waals surface area contributed by atoms with Crippen LogP contribution in [0, 0.1) is 3.57 Å². The molecular formula is C16H18IN2O+. The van der Waals surface area contributed by atoms with Gasteiger partial charge in [0.15, 0.2) is 6.54 Å². The van der Waals surface area contributed by atoms with E-state index in [0.29, 0.717) is 6.54 Å². The summed E-state index contributed by atoms with van der Waals surface area (Å²) >= 11 is 2.22. The molecule has 0 heterocycles. The summed E-state index contributed by atoms with van der Waals surface area (Å²) in [6.07, 6.45) is 0. The van der Waals surface area contributed by atoms with Gasteiger partial charge >= 0.3 is 0 Å². The Kier molecular flexibility index (Phi) is 5.55. The van der Waals surface area contributed by atoms with Crippen LogP contribution in [0.2, 0.25) is 0 Å². The molecule has 0 saturated carbocycles. The van der Waals surface area contributed by atoms with Crippen molar-refractivity contribution in [2.75, 3.05) is 11.9 Å². The third-order valence-corrected chi connectivity index (χ3v) is 4.07. The first-order valence-corrected chi connectivity index (χ1v) is 7.67. The molecule has 0 fully saturated rings. The van der Waals surface area contributed by atoms with Crippen LogP contribution in [-0.4, -0.2) is 12.5 Å². The number of hydrogen-bond acceptors (Lipinski definition) is 1. The van der Waals surface area contributed by atoms with Gasteiger partial charge in [0.25, 0.3) is 5.91 Å². The number of para-hydroxylation sites is 1. The number of carbonyl (C=O) groups is 1. The van der Waals surface area contributed by atoms with Gasteiger partial charge in [-0.25, -0.2) is 0 Å². The number of hydrogen-bond donors (Lipinski definition) is 2. The van der Waals surface area contributed by atoms with Crippen molar-refractivity contribution in [2.45, 2.75) is 13.0 Å². The topological polar surface area (TPSA) is 45.7 Å². The molecule has 0 radical (unpaired) electrons. The van der Waals surface area contributed by atoms with E-state index in [1.165, 1.54) is 5.56 Å². The Morgan fingerprint density at radius 2 is 1.80 bits per heavy atom. The molecule has 0 aliphatic heterocycles. The summed E-state index contributed by atoms with van der Waals surface area (Å²) in [6, 6.07) is 18.3. The standard InChI is InChI=1S/C16H17IN2O/c1-12(13-7-3-2-4-8-13)18-11-16(20)19-15-10-6-5-9-14(15)17/h2-10,12,18H,11H2,1H3,(H,19,20)/p+1/t12-/m0/s1. The Labute approximate surface area is 132 Å². The lowest BCUT2D eigenvalue weighted by Gasteiger charge is -2.11. The second kappa shape index (κ2) is 7.40. The van der Waals surface area contributed by atoms with Gasteiger partial charge in [0, 0.05) is 9.13 Å². The molecule has 0 aromatic heterocycles. The van der Waals surface area contributed by atoms with Crippen molar-refractivity contribution in [3.05, 3.63) is 63.7 Å². The van der Waals surface area contributed by atoms with Crippen LogP contribution in [0.3, 0.4) is 0 Å². The van der Waals surface area contributed by atoms with E-state index in [2.05, 4.69) is 47.0 Å². The number of benzene rings is 2. The van der Waals surface area contributed by atoms with E-state index in [1.807, 2.05) is 47.8 Å². The highest BCUT2D eigenvalue weighted by molar-refractivity contribution is 14.1. The lowest BCUT2D eigenvalue weighted by atomic mass is 10.1. The number of nitrogens with two attached hydrogens (primary N) is 1. The van der Waals surface area contributed by atoms with Crippen molar-refractivity contribution in [2.24, 2.45) is 0 Å². The SMILES string of the molecule is C[C@H]([NH2+]CC(=O)Nc1ccccc1I)c1ccccc1. The molecule has 0 unspecified atom stereocenters.